The van der Waals surface area contributed by atoms with Crippen LogP contribution in [0.2, 0.25) is 0 Å². The number of hydrogen-bond acceptors (Lipinski definition) is 4. The van der Waals surface area contributed by atoms with Crippen LogP contribution in [-0.2, 0) is 17.4 Å². The standard InChI is InChI=1S/C18H14F3N3O2/c19-18(20,21)13-6-8-14(9-7-13)22-15(25)10-11-16-23-17(24-26-16)12-4-2-1-3-5-12/h1-9H,10-11H2,(H,22,25). The van der Waals surface area contributed by atoms with Gasteiger partial charge in [0.25, 0.3) is 0 Å². The molecule has 0 bridgehead atoms. The zero-order chi connectivity index (χ0) is 18.6. The first kappa shape index (κ1) is 17.7. The fourth-order valence-corrected chi connectivity index (χ4v) is 2.25. The number of anilines is 1. The van der Waals surface area contributed by atoms with Gasteiger partial charge >= 0.3 is 6.18 Å². The normalized spacial score (nSPS) is 11.3. The number of hydrogen-bond donors (Lipinski definition) is 1. The van der Waals surface area contributed by atoms with Crippen LogP contribution in [0, 0.1) is 0 Å². The predicted octanol–water partition coefficient (Wildman–Crippen LogP) is 4.33. The maximum atomic E-state index is 12.5. The van der Waals surface area contributed by atoms with Crippen molar-refractivity contribution in [2.75, 3.05) is 5.32 Å². The summed E-state index contributed by atoms with van der Waals surface area (Å²) in [6.45, 7) is 0. The summed E-state index contributed by atoms with van der Waals surface area (Å²) in [6.07, 6.45) is -4.11. The SMILES string of the molecule is O=C(CCc1nc(-c2ccccc2)no1)Nc1ccc(C(F)(F)F)cc1. The van der Waals surface area contributed by atoms with E-state index in [2.05, 4.69) is 15.5 Å². The van der Waals surface area contributed by atoms with E-state index >= 15 is 0 Å². The average Bonchev–Trinajstić information content (AvgIpc) is 3.09. The van der Waals surface area contributed by atoms with E-state index in [0.717, 1.165) is 17.7 Å². The molecule has 8 heteroatoms. The first-order valence-corrected chi connectivity index (χ1v) is 7.77. The molecule has 0 radical (unpaired) electrons. The monoisotopic (exact) mass is 361 g/mol. The van der Waals surface area contributed by atoms with E-state index in [9.17, 15) is 18.0 Å². The third kappa shape index (κ3) is 4.47. The Morgan fingerprint density at radius 3 is 2.38 bits per heavy atom. The highest BCUT2D eigenvalue weighted by Gasteiger charge is 2.29. The molecule has 2 aromatic carbocycles. The van der Waals surface area contributed by atoms with Gasteiger partial charge in [0.15, 0.2) is 0 Å². The molecule has 0 fully saturated rings. The van der Waals surface area contributed by atoms with Gasteiger partial charge in [-0.25, -0.2) is 0 Å². The molecule has 3 aromatic rings. The van der Waals surface area contributed by atoms with Crippen molar-refractivity contribution < 1.29 is 22.5 Å². The second-order valence-electron chi connectivity index (χ2n) is 5.50. The Morgan fingerprint density at radius 1 is 1.04 bits per heavy atom. The quantitative estimate of drug-likeness (QED) is 0.735. The summed E-state index contributed by atoms with van der Waals surface area (Å²) >= 11 is 0. The van der Waals surface area contributed by atoms with Gasteiger partial charge < -0.3 is 9.84 Å². The molecule has 1 heterocycles. The molecule has 26 heavy (non-hydrogen) atoms. The van der Waals surface area contributed by atoms with E-state index in [1.807, 2.05) is 30.3 Å². The van der Waals surface area contributed by atoms with E-state index in [-0.39, 0.29) is 18.7 Å². The number of halogens is 3. The predicted molar refractivity (Wildman–Crippen MR) is 88.1 cm³/mol. The fourth-order valence-electron chi connectivity index (χ4n) is 2.25. The van der Waals surface area contributed by atoms with Crippen molar-refractivity contribution >= 4 is 11.6 Å². The number of amides is 1. The van der Waals surface area contributed by atoms with Crippen LogP contribution in [0.25, 0.3) is 11.4 Å². The van der Waals surface area contributed by atoms with Crippen molar-refractivity contribution in [1.29, 1.82) is 0 Å². The van der Waals surface area contributed by atoms with Crippen molar-refractivity contribution in [3.8, 4) is 11.4 Å². The van der Waals surface area contributed by atoms with Gasteiger partial charge in [-0.15, -0.1) is 0 Å². The molecule has 0 saturated carbocycles. The minimum atomic E-state index is -4.41. The molecule has 0 atom stereocenters. The molecular weight excluding hydrogens is 347 g/mol. The molecule has 0 aliphatic rings. The number of nitrogens with zero attached hydrogens (tertiary/aromatic N) is 2. The minimum absolute atomic E-state index is 0.0669. The van der Waals surface area contributed by atoms with Crippen molar-refractivity contribution in [2.45, 2.75) is 19.0 Å². The lowest BCUT2D eigenvalue weighted by molar-refractivity contribution is -0.137. The molecule has 5 nitrogen and oxygen atoms in total. The number of rotatable bonds is 5. The smallest absolute Gasteiger partial charge is 0.339 e. The third-order valence-electron chi connectivity index (χ3n) is 3.56. The van der Waals surface area contributed by atoms with Crippen molar-refractivity contribution in [2.24, 2.45) is 0 Å². The topological polar surface area (TPSA) is 68.0 Å². The maximum absolute atomic E-state index is 12.5. The summed E-state index contributed by atoms with van der Waals surface area (Å²) in [6, 6.07) is 13.5. The number of carbonyl (C=O) groups is 1. The number of aryl methyl sites for hydroxylation is 1. The van der Waals surface area contributed by atoms with Crippen LogP contribution < -0.4 is 5.32 Å². The van der Waals surface area contributed by atoms with Gasteiger partial charge in [-0.3, -0.25) is 4.79 Å². The Morgan fingerprint density at radius 2 is 1.73 bits per heavy atom. The summed E-state index contributed by atoms with van der Waals surface area (Å²) in [7, 11) is 0. The Balaban J connectivity index is 1.54. The largest absolute Gasteiger partial charge is 0.416 e. The van der Waals surface area contributed by atoms with Crippen LogP contribution in [0.5, 0.6) is 0 Å². The zero-order valence-electron chi connectivity index (χ0n) is 13.5. The number of carbonyl (C=O) groups excluding carboxylic acids is 1. The van der Waals surface area contributed by atoms with Crippen LogP contribution in [0.3, 0.4) is 0 Å². The number of benzene rings is 2. The number of alkyl halides is 3. The minimum Gasteiger partial charge on any atom is -0.339 e. The van der Waals surface area contributed by atoms with Crippen LogP contribution in [0.15, 0.2) is 59.1 Å². The first-order valence-electron chi connectivity index (χ1n) is 7.77. The summed E-state index contributed by atoms with van der Waals surface area (Å²) in [5.41, 5.74) is 0.324. The molecule has 1 amide bonds. The van der Waals surface area contributed by atoms with E-state index < -0.39 is 11.7 Å². The Bertz CT molecular complexity index is 875. The zero-order valence-corrected chi connectivity index (χ0v) is 13.5. The lowest BCUT2D eigenvalue weighted by Gasteiger charge is -2.08. The number of nitrogens with one attached hydrogen (secondary N) is 1. The van der Waals surface area contributed by atoms with Gasteiger partial charge in [0, 0.05) is 24.1 Å². The first-order chi connectivity index (χ1) is 12.4. The van der Waals surface area contributed by atoms with Crippen LogP contribution in [0.4, 0.5) is 18.9 Å². The van der Waals surface area contributed by atoms with Gasteiger partial charge in [-0.1, -0.05) is 35.5 Å². The summed E-state index contributed by atoms with van der Waals surface area (Å²) < 4.78 is 42.6. The highest BCUT2D eigenvalue weighted by molar-refractivity contribution is 5.90. The fraction of sp³-hybridized carbons (Fsp3) is 0.167. The van der Waals surface area contributed by atoms with Gasteiger partial charge in [0.05, 0.1) is 5.56 Å². The maximum Gasteiger partial charge on any atom is 0.416 e. The molecule has 1 aromatic heterocycles. The summed E-state index contributed by atoms with van der Waals surface area (Å²) in [5, 5.41) is 6.39. The second kappa shape index (κ2) is 7.38. The Hall–Kier alpha value is -3.16. The van der Waals surface area contributed by atoms with Crippen molar-refractivity contribution in [1.82, 2.24) is 10.1 Å². The molecule has 134 valence electrons. The molecule has 0 aliphatic carbocycles. The van der Waals surface area contributed by atoms with Crippen molar-refractivity contribution in [3.05, 3.63) is 66.1 Å². The molecular formula is C18H14F3N3O2. The highest BCUT2D eigenvalue weighted by atomic mass is 19.4. The van der Waals surface area contributed by atoms with Gasteiger partial charge in [-0.05, 0) is 24.3 Å². The molecule has 0 aliphatic heterocycles. The summed E-state index contributed by atoms with van der Waals surface area (Å²) in [4.78, 5) is 16.1. The van der Waals surface area contributed by atoms with Crippen LogP contribution in [0.1, 0.15) is 17.9 Å². The molecule has 3 rings (SSSR count). The average molecular weight is 361 g/mol. The van der Waals surface area contributed by atoms with Crippen LogP contribution >= 0.6 is 0 Å². The van der Waals surface area contributed by atoms with Gasteiger partial charge in [0.2, 0.25) is 17.6 Å². The van der Waals surface area contributed by atoms with Gasteiger partial charge in [0.1, 0.15) is 0 Å². The van der Waals surface area contributed by atoms with E-state index in [0.29, 0.717) is 17.4 Å². The van der Waals surface area contributed by atoms with Gasteiger partial charge in [-0.2, -0.15) is 18.2 Å². The number of aromatic nitrogens is 2. The molecule has 0 saturated heterocycles. The molecule has 0 spiro atoms. The second-order valence-corrected chi connectivity index (χ2v) is 5.50. The summed E-state index contributed by atoms with van der Waals surface area (Å²) in [5.74, 6) is 0.388. The lowest BCUT2D eigenvalue weighted by atomic mass is 10.2. The van der Waals surface area contributed by atoms with E-state index in [1.54, 1.807) is 0 Å². The van der Waals surface area contributed by atoms with Crippen LogP contribution in [-0.4, -0.2) is 16.0 Å². The highest BCUT2D eigenvalue weighted by Crippen LogP contribution is 2.29. The lowest BCUT2D eigenvalue weighted by Crippen LogP contribution is -2.13. The Labute approximate surface area is 146 Å². The molecule has 0 unspecified atom stereocenters. The van der Waals surface area contributed by atoms with E-state index in [1.165, 1.54) is 12.1 Å². The Kier molecular flexibility index (Phi) is 5.01. The van der Waals surface area contributed by atoms with E-state index in [4.69, 9.17) is 4.52 Å². The van der Waals surface area contributed by atoms with Crippen molar-refractivity contribution in [3.63, 3.8) is 0 Å². The third-order valence-corrected chi connectivity index (χ3v) is 3.56. The molecule has 1 N–H and O–H groups in total.